The lowest BCUT2D eigenvalue weighted by atomic mass is 9.53. The molecule has 0 aromatic heterocycles. The number of carbonyl (C=O) groups excluding carboxylic acids is 1. The molecule has 16 heavy (non-hydrogen) atoms. The van der Waals surface area contributed by atoms with E-state index in [4.69, 9.17) is 0 Å². The number of rotatable bonds is 0. The van der Waals surface area contributed by atoms with Crippen LogP contribution in [0.3, 0.4) is 0 Å². The van der Waals surface area contributed by atoms with Crippen molar-refractivity contribution >= 4 is 5.78 Å². The van der Waals surface area contributed by atoms with E-state index in [9.17, 15) is 4.79 Å². The van der Waals surface area contributed by atoms with Crippen LogP contribution in [0.15, 0.2) is 11.6 Å². The van der Waals surface area contributed by atoms with Crippen molar-refractivity contribution in [3.63, 3.8) is 0 Å². The van der Waals surface area contributed by atoms with Crippen molar-refractivity contribution in [2.75, 3.05) is 0 Å². The summed E-state index contributed by atoms with van der Waals surface area (Å²) in [6.45, 7) is 7.11. The largest absolute Gasteiger partial charge is 0.295 e. The minimum absolute atomic E-state index is 0.286. The van der Waals surface area contributed by atoms with Gasteiger partial charge in [0.15, 0.2) is 5.78 Å². The molecule has 2 bridgehead atoms. The summed E-state index contributed by atoms with van der Waals surface area (Å²) >= 11 is 0. The molecule has 0 aliphatic heterocycles. The third kappa shape index (κ3) is 1.40. The zero-order valence-electron chi connectivity index (χ0n) is 10.7. The lowest BCUT2D eigenvalue weighted by Crippen LogP contribution is -2.44. The summed E-state index contributed by atoms with van der Waals surface area (Å²) < 4.78 is 0. The Balaban J connectivity index is 1.96. The minimum atomic E-state index is 0.286. The quantitative estimate of drug-likeness (QED) is 0.605. The van der Waals surface area contributed by atoms with Crippen LogP contribution in [0.25, 0.3) is 0 Å². The number of hydrogen-bond acceptors (Lipinski definition) is 1. The maximum absolute atomic E-state index is 11.8. The molecule has 0 spiro atoms. The molecule has 2 fully saturated rings. The zero-order valence-corrected chi connectivity index (χ0v) is 10.7. The second-order valence-corrected chi connectivity index (χ2v) is 7.29. The molecule has 0 unspecified atom stereocenters. The Kier molecular flexibility index (Phi) is 1.98. The van der Waals surface area contributed by atoms with Crippen LogP contribution in [0.1, 0.15) is 52.9 Å². The zero-order chi connectivity index (χ0) is 11.6. The Hall–Kier alpha value is -0.590. The first-order valence-corrected chi connectivity index (χ1v) is 6.63. The first-order valence-electron chi connectivity index (χ1n) is 6.63. The first kappa shape index (κ1) is 10.6. The van der Waals surface area contributed by atoms with Crippen LogP contribution in [0.2, 0.25) is 0 Å². The van der Waals surface area contributed by atoms with E-state index in [0.717, 1.165) is 18.3 Å². The highest BCUT2D eigenvalue weighted by Crippen LogP contribution is 2.61. The molecule has 88 valence electrons. The number of carbonyl (C=O) groups is 1. The van der Waals surface area contributed by atoms with Crippen LogP contribution in [0.5, 0.6) is 0 Å². The molecule has 2 saturated carbocycles. The lowest BCUT2D eigenvalue weighted by Gasteiger charge is -2.52. The molecule has 0 heterocycles. The lowest BCUT2D eigenvalue weighted by molar-refractivity contribution is -0.117. The van der Waals surface area contributed by atoms with Crippen LogP contribution in [-0.4, -0.2) is 5.78 Å². The maximum atomic E-state index is 11.8. The van der Waals surface area contributed by atoms with Gasteiger partial charge in [-0.2, -0.15) is 0 Å². The number of hydrogen-bond donors (Lipinski definition) is 0. The van der Waals surface area contributed by atoms with Gasteiger partial charge in [-0.25, -0.2) is 0 Å². The number of allylic oxidation sites excluding steroid dienone is 2. The van der Waals surface area contributed by atoms with E-state index in [1.54, 1.807) is 0 Å². The minimum Gasteiger partial charge on any atom is -0.295 e. The summed E-state index contributed by atoms with van der Waals surface area (Å²) in [6, 6.07) is 0. The predicted molar refractivity (Wildman–Crippen MR) is 65.0 cm³/mol. The van der Waals surface area contributed by atoms with Gasteiger partial charge in [0.25, 0.3) is 0 Å². The molecule has 0 radical (unpaired) electrons. The Labute approximate surface area is 98.3 Å². The molecule has 0 saturated heterocycles. The average Bonchev–Trinajstić information content (AvgIpc) is 2.19. The first-order chi connectivity index (χ1) is 7.40. The fourth-order valence-corrected chi connectivity index (χ4v) is 4.43. The Morgan fingerprint density at radius 2 is 2.00 bits per heavy atom. The third-order valence-corrected chi connectivity index (χ3v) is 5.35. The normalized spacial score (nSPS) is 45.2. The summed E-state index contributed by atoms with van der Waals surface area (Å²) in [5.74, 6) is 1.96. The van der Waals surface area contributed by atoms with Crippen LogP contribution >= 0.6 is 0 Å². The van der Waals surface area contributed by atoms with Gasteiger partial charge in [0.1, 0.15) is 0 Å². The predicted octanol–water partition coefficient (Wildman–Crippen LogP) is 3.74. The second-order valence-electron chi connectivity index (χ2n) is 7.29. The third-order valence-electron chi connectivity index (χ3n) is 5.35. The molecule has 1 nitrogen and oxygen atoms in total. The van der Waals surface area contributed by atoms with Gasteiger partial charge in [-0.1, -0.05) is 26.3 Å². The van der Waals surface area contributed by atoms with Gasteiger partial charge in [0.2, 0.25) is 0 Å². The van der Waals surface area contributed by atoms with Crippen molar-refractivity contribution in [1.29, 1.82) is 0 Å². The number of ketones is 1. The Bertz CT molecular complexity index is 377. The smallest absolute Gasteiger partial charge is 0.156 e. The van der Waals surface area contributed by atoms with Crippen molar-refractivity contribution in [1.82, 2.24) is 0 Å². The van der Waals surface area contributed by atoms with Crippen molar-refractivity contribution in [2.24, 2.45) is 22.7 Å². The van der Waals surface area contributed by atoms with Crippen LogP contribution in [0.4, 0.5) is 0 Å². The molecule has 3 aliphatic carbocycles. The molecular formula is C15H22O. The number of fused-ring (bicyclic) bond motifs is 4. The molecule has 3 rings (SSSR count). The van der Waals surface area contributed by atoms with Gasteiger partial charge >= 0.3 is 0 Å². The van der Waals surface area contributed by atoms with Gasteiger partial charge < -0.3 is 0 Å². The molecule has 3 atom stereocenters. The highest BCUT2D eigenvalue weighted by Gasteiger charge is 2.52. The van der Waals surface area contributed by atoms with Crippen LogP contribution in [-0.2, 0) is 4.79 Å². The molecule has 3 aliphatic rings. The highest BCUT2D eigenvalue weighted by molar-refractivity contribution is 5.92. The van der Waals surface area contributed by atoms with Crippen molar-refractivity contribution in [3.8, 4) is 0 Å². The second kappa shape index (κ2) is 3.00. The molecule has 0 amide bonds. The molecule has 0 aromatic carbocycles. The van der Waals surface area contributed by atoms with Crippen molar-refractivity contribution < 1.29 is 4.79 Å². The topological polar surface area (TPSA) is 17.1 Å². The fraction of sp³-hybridized carbons (Fsp3) is 0.800. The van der Waals surface area contributed by atoms with Gasteiger partial charge in [-0.05, 0) is 54.4 Å². The Morgan fingerprint density at radius 1 is 1.25 bits per heavy atom. The summed E-state index contributed by atoms with van der Waals surface area (Å²) in [5.41, 5.74) is 2.29. The van der Waals surface area contributed by atoms with E-state index in [2.05, 4.69) is 20.8 Å². The summed E-state index contributed by atoms with van der Waals surface area (Å²) in [5, 5.41) is 0. The van der Waals surface area contributed by atoms with Gasteiger partial charge in [0.05, 0.1) is 0 Å². The standard InChI is InChI=1S/C15H22O/c1-14(2)9-12-10-6-11(16)8-15(3,7-10)5-4-13(12)14/h6,12-13H,4-5,7-9H2,1-3H3/t12-,13+,15+/m1/s1. The van der Waals surface area contributed by atoms with Gasteiger partial charge in [-0.3, -0.25) is 4.79 Å². The van der Waals surface area contributed by atoms with E-state index in [1.165, 1.54) is 31.3 Å². The van der Waals surface area contributed by atoms with E-state index >= 15 is 0 Å². The summed E-state index contributed by atoms with van der Waals surface area (Å²) in [4.78, 5) is 11.8. The average molecular weight is 218 g/mol. The fourth-order valence-electron chi connectivity index (χ4n) is 4.43. The SMILES string of the molecule is CC1(C)C[C@@H]2C3=CC(=O)C[C@@](C)(CC[C@@H]21)C3. The summed E-state index contributed by atoms with van der Waals surface area (Å²) in [6.07, 6.45) is 7.85. The summed E-state index contributed by atoms with van der Waals surface area (Å²) in [7, 11) is 0. The van der Waals surface area contributed by atoms with Crippen LogP contribution in [0, 0.1) is 22.7 Å². The van der Waals surface area contributed by atoms with Gasteiger partial charge in [0, 0.05) is 6.42 Å². The highest BCUT2D eigenvalue weighted by atomic mass is 16.1. The van der Waals surface area contributed by atoms with Crippen LogP contribution < -0.4 is 0 Å². The maximum Gasteiger partial charge on any atom is 0.156 e. The molecule has 0 N–H and O–H groups in total. The molecule has 1 heteroatoms. The van der Waals surface area contributed by atoms with E-state index in [-0.39, 0.29) is 5.41 Å². The monoisotopic (exact) mass is 218 g/mol. The van der Waals surface area contributed by atoms with Crippen molar-refractivity contribution in [2.45, 2.75) is 52.9 Å². The van der Waals surface area contributed by atoms with Crippen molar-refractivity contribution in [3.05, 3.63) is 11.6 Å². The van der Waals surface area contributed by atoms with Gasteiger partial charge in [-0.15, -0.1) is 0 Å². The van der Waals surface area contributed by atoms with E-state index in [1.807, 2.05) is 6.08 Å². The molecule has 0 aromatic rings. The molecular weight excluding hydrogens is 196 g/mol. The Morgan fingerprint density at radius 3 is 2.69 bits per heavy atom. The van der Waals surface area contributed by atoms with E-state index < -0.39 is 0 Å². The van der Waals surface area contributed by atoms with E-state index in [0.29, 0.717) is 11.2 Å².